The van der Waals surface area contributed by atoms with Gasteiger partial charge in [0, 0.05) is 6.42 Å². The minimum Gasteiger partial charge on any atom is -0.468 e. The molecule has 0 aromatic heterocycles. The lowest BCUT2D eigenvalue weighted by Crippen LogP contribution is -1.91. The van der Waals surface area contributed by atoms with Crippen molar-refractivity contribution in [2.45, 2.75) is 20.3 Å². The first kappa shape index (κ1) is 8.21. The molecule has 0 saturated heterocycles. The topological polar surface area (TPSA) is 26.3 Å². The second kappa shape index (κ2) is 5.35. The van der Waals surface area contributed by atoms with Gasteiger partial charge in [0.15, 0.2) is 0 Å². The van der Waals surface area contributed by atoms with Gasteiger partial charge in [-0.05, 0) is 13.8 Å². The maximum absolute atomic E-state index is 9.63. The quantitative estimate of drug-likeness (QED) is 0.326. The Kier molecular flexibility index (Phi) is 4.88. The van der Waals surface area contributed by atoms with Crippen LogP contribution in [-0.4, -0.2) is 13.1 Å². The number of carbonyl (C=O) groups excluding carboxylic acids is 1. The zero-order chi connectivity index (χ0) is 7.11. The predicted molar refractivity (Wildman–Crippen MR) is 36.1 cm³/mol. The van der Waals surface area contributed by atoms with Gasteiger partial charge in [-0.2, -0.15) is 0 Å². The highest BCUT2D eigenvalue weighted by Crippen LogP contribution is 1.97. The first-order valence-corrected chi connectivity index (χ1v) is 2.98. The van der Waals surface area contributed by atoms with Crippen molar-refractivity contribution in [1.29, 1.82) is 0 Å². The van der Waals surface area contributed by atoms with Gasteiger partial charge in [-0.25, -0.2) is 0 Å². The molecule has 52 valence electrons. The van der Waals surface area contributed by atoms with Crippen LogP contribution in [0, 0.1) is 0 Å². The highest BCUT2D eigenvalue weighted by molar-refractivity contribution is 5.36. The fourth-order valence-corrected chi connectivity index (χ4v) is 0.412. The monoisotopic (exact) mass is 128 g/mol. The maximum atomic E-state index is 9.63. The van der Waals surface area contributed by atoms with Crippen LogP contribution < -0.4 is 0 Å². The number of carbonyl (C=O) groups is 1. The molecule has 2 nitrogen and oxygen atoms in total. The Balaban J connectivity index is 3.17. The van der Waals surface area contributed by atoms with E-state index in [1.807, 2.05) is 19.9 Å². The molecule has 0 amide bonds. The molecule has 0 aliphatic heterocycles. The standard InChI is InChI=1S/C7H12O2/c1-3-7(2)4-5-9-6-8/h3,6H,4-5H2,1-2H3/b7-3+. The Morgan fingerprint density at radius 2 is 2.33 bits per heavy atom. The molecule has 0 aliphatic carbocycles. The van der Waals surface area contributed by atoms with E-state index in [1.54, 1.807) is 0 Å². The van der Waals surface area contributed by atoms with Crippen LogP contribution in [0.25, 0.3) is 0 Å². The van der Waals surface area contributed by atoms with Crippen molar-refractivity contribution in [1.82, 2.24) is 0 Å². The molecule has 9 heavy (non-hydrogen) atoms. The minimum absolute atomic E-state index is 0.475. The number of hydrogen-bond acceptors (Lipinski definition) is 2. The number of hydrogen-bond donors (Lipinski definition) is 0. The van der Waals surface area contributed by atoms with Crippen LogP contribution >= 0.6 is 0 Å². The molecule has 0 N–H and O–H groups in total. The zero-order valence-electron chi connectivity index (χ0n) is 5.89. The second-order valence-electron chi connectivity index (χ2n) is 1.85. The van der Waals surface area contributed by atoms with E-state index in [2.05, 4.69) is 4.74 Å². The molecule has 2 heteroatoms. The number of ether oxygens (including phenoxy) is 1. The summed E-state index contributed by atoms with van der Waals surface area (Å²) < 4.78 is 4.48. The first-order valence-electron chi connectivity index (χ1n) is 2.98. The van der Waals surface area contributed by atoms with E-state index >= 15 is 0 Å². The molecule has 0 spiro atoms. The van der Waals surface area contributed by atoms with Crippen LogP contribution in [0.2, 0.25) is 0 Å². The molecule has 0 bridgehead atoms. The Morgan fingerprint density at radius 1 is 1.67 bits per heavy atom. The van der Waals surface area contributed by atoms with Crippen molar-refractivity contribution < 1.29 is 9.53 Å². The van der Waals surface area contributed by atoms with Crippen molar-refractivity contribution in [2.24, 2.45) is 0 Å². The predicted octanol–water partition coefficient (Wildman–Crippen LogP) is 1.52. The molecule has 0 rings (SSSR count). The van der Waals surface area contributed by atoms with Gasteiger partial charge < -0.3 is 4.74 Å². The smallest absolute Gasteiger partial charge is 0.293 e. The molecule has 0 aromatic rings. The Hall–Kier alpha value is -0.790. The highest BCUT2D eigenvalue weighted by atomic mass is 16.5. The van der Waals surface area contributed by atoms with E-state index in [9.17, 15) is 4.79 Å². The Morgan fingerprint density at radius 3 is 2.78 bits per heavy atom. The first-order chi connectivity index (χ1) is 4.31. The van der Waals surface area contributed by atoms with Gasteiger partial charge in [0.1, 0.15) is 0 Å². The normalized spacial score (nSPS) is 11.1. The molecule has 0 unspecified atom stereocenters. The van der Waals surface area contributed by atoms with Gasteiger partial charge in [-0.3, -0.25) is 4.79 Å². The van der Waals surface area contributed by atoms with Crippen LogP contribution in [0.4, 0.5) is 0 Å². The molecular formula is C7H12O2. The van der Waals surface area contributed by atoms with E-state index in [0.717, 1.165) is 6.42 Å². The zero-order valence-corrected chi connectivity index (χ0v) is 5.89. The van der Waals surface area contributed by atoms with E-state index in [-0.39, 0.29) is 0 Å². The van der Waals surface area contributed by atoms with E-state index in [4.69, 9.17) is 0 Å². The molecule has 0 aliphatic rings. The van der Waals surface area contributed by atoms with E-state index < -0.39 is 0 Å². The van der Waals surface area contributed by atoms with Gasteiger partial charge in [0.2, 0.25) is 0 Å². The summed E-state index contributed by atoms with van der Waals surface area (Å²) in [4.78, 5) is 9.63. The Labute approximate surface area is 55.5 Å². The average molecular weight is 128 g/mol. The van der Waals surface area contributed by atoms with Crippen LogP contribution in [-0.2, 0) is 9.53 Å². The number of rotatable bonds is 4. The van der Waals surface area contributed by atoms with Crippen LogP contribution in [0.3, 0.4) is 0 Å². The molecule has 0 fully saturated rings. The highest BCUT2D eigenvalue weighted by Gasteiger charge is 1.86. The van der Waals surface area contributed by atoms with Gasteiger partial charge in [0.25, 0.3) is 6.47 Å². The van der Waals surface area contributed by atoms with Crippen LogP contribution in [0.15, 0.2) is 11.6 Å². The molecule has 0 aromatic carbocycles. The third kappa shape index (κ3) is 5.07. The summed E-state index contributed by atoms with van der Waals surface area (Å²) in [6, 6.07) is 0. The summed E-state index contributed by atoms with van der Waals surface area (Å²) in [6.07, 6.45) is 2.85. The fraction of sp³-hybridized carbons (Fsp3) is 0.571. The summed E-state index contributed by atoms with van der Waals surface area (Å²) in [5.41, 5.74) is 1.25. The van der Waals surface area contributed by atoms with E-state index in [1.165, 1.54) is 5.57 Å². The van der Waals surface area contributed by atoms with Crippen molar-refractivity contribution in [3.05, 3.63) is 11.6 Å². The lowest BCUT2D eigenvalue weighted by atomic mass is 10.2. The minimum atomic E-state index is 0.475. The van der Waals surface area contributed by atoms with Gasteiger partial charge >= 0.3 is 0 Å². The summed E-state index contributed by atoms with van der Waals surface area (Å²) in [5, 5.41) is 0. The fourth-order valence-electron chi connectivity index (χ4n) is 0.412. The molecule has 0 heterocycles. The summed E-state index contributed by atoms with van der Waals surface area (Å²) in [6.45, 7) is 4.95. The van der Waals surface area contributed by atoms with Crippen LogP contribution in [0.5, 0.6) is 0 Å². The van der Waals surface area contributed by atoms with Crippen molar-refractivity contribution in [3.8, 4) is 0 Å². The lowest BCUT2D eigenvalue weighted by Gasteiger charge is -1.96. The molecule has 0 atom stereocenters. The molecule has 0 saturated carbocycles. The van der Waals surface area contributed by atoms with Crippen molar-refractivity contribution >= 4 is 6.47 Å². The third-order valence-electron chi connectivity index (χ3n) is 1.18. The van der Waals surface area contributed by atoms with Gasteiger partial charge in [-0.15, -0.1) is 0 Å². The SMILES string of the molecule is C/C=C(\C)CCOC=O. The van der Waals surface area contributed by atoms with Gasteiger partial charge in [0.05, 0.1) is 6.61 Å². The van der Waals surface area contributed by atoms with Crippen molar-refractivity contribution in [3.63, 3.8) is 0 Å². The molecular weight excluding hydrogens is 116 g/mol. The molecule has 0 radical (unpaired) electrons. The number of allylic oxidation sites excluding steroid dienone is 1. The third-order valence-corrected chi connectivity index (χ3v) is 1.18. The van der Waals surface area contributed by atoms with Crippen molar-refractivity contribution in [2.75, 3.05) is 6.61 Å². The largest absolute Gasteiger partial charge is 0.468 e. The maximum Gasteiger partial charge on any atom is 0.293 e. The van der Waals surface area contributed by atoms with E-state index in [0.29, 0.717) is 13.1 Å². The van der Waals surface area contributed by atoms with Crippen LogP contribution in [0.1, 0.15) is 20.3 Å². The summed E-state index contributed by atoms with van der Waals surface area (Å²) >= 11 is 0. The Bertz CT molecular complexity index is 105. The second-order valence-corrected chi connectivity index (χ2v) is 1.85. The summed E-state index contributed by atoms with van der Waals surface area (Å²) in [7, 11) is 0. The van der Waals surface area contributed by atoms with Gasteiger partial charge in [-0.1, -0.05) is 11.6 Å². The lowest BCUT2D eigenvalue weighted by molar-refractivity contribution is -0.128. The summed E-state index contributed by atoms with van der Waals surface area (Å²) in [5.74, 6) is 0. The average Bonchev–Trinajstić information content (AvgIpc) is 1.89.